The van der Waals surface area contributed by atoms with Gasteiger partial charge >= 0.3 is 5.69 Å². The van der Waals surface area contributed by atoms with Crippen LogP contribution in [0.1, 0.15) is 27.4 Å². The summed E-state index contributed by atoms with van der Waals surface area (Å²) in [5.41, 5.74) is 1.53. The molecule has 0 unspecified atom stereocenters. The van der Waals surface area contributed by atoms with E-state index in [1.807, 2.05) is 0 Å². The van der Waals surface area contributed by atoms with E-state index in [1.54, 1.807) is 24.6 Å². The third-order valence-corrected chi connectivity index (χ3v) is 4.35. The molecule has 0 aliphatic heterocycles. The molecular weight excluding hydrogens is 379 g/mol. The highest BCUT2D eigenvalue weighted by molar-refractivity contribution is 6.31. The Morgan fingerprint density at radius 1 is 1.44 bits per heavy atom. The van der Waals surface area contributed by atoms with Gasteiger partial charge in [0.05, 0.1) is 28.5 Å². The largest absolute Gasteiger partial charge is 0.319 e. The quantitative estimate of drug-likeness (QED) is 0.510. The van der Waals surface area contributed by atoms with E-state index < -0.39 is 22.3 Å². The maximum Gasteiger partial charge on any atom is 0.319 e. The Labute approximate surface area is 157 Å². The Morgan fingerprint density at radius 2 is 2.19 bits per heavy atom. The first kappa shape index (κ1) is 18.5. The highest BCUT2D eigenvalue weighted by atomic mass is 35.5. The number of nitrogens with one attached hydrogen (secondary N) is 2. The van der Waals surface area contributed by atoms with Crippen molar-refractivity contribution in [3.63, 3.8) is 0 Å². The van der Waals surface area contributed by atoms with Crippen molar-refractivity contribution in [1.29, 1.82) is 0 Å². The summed E-state index contributed by atoms with van der Waals surface area (Å²) in [4.78, 5) is 22.6. The van der Waals surface area contributed by atoms with E-state index in [-0.39, 0.29) is 17.3 Å². The molecular formula is C16H14ClFN6O3. The number of aromatic nitrogens is 4. The number of anilines is 1. The van der Waals surface area contributed by atoms with Crippen LogP contribution in [0, 0.1) is 29.8 Å². The number of aromatic amines is 1. The summed E-state index contributed by atoms with van der Waals surface area (Å²) in [6, 6.07) is 4.07. The van der Waals surface area contributed by atoms with Crippen molar-refractivity contribution in [2.45, 2.75) is 20.4 Å². The smallest absolute Gasteiger partial charge is 0.317 e. The average molecular weight is 393 g/mol. The first-order chi connectivity index (χ1) is 12.8. The van der Waals surface area contributed by atoms with Crippen LogP contribution in [0.25, 0.3) is 0 Å². The summed E-state index contributed by atoms with van der Waals surface area (Å²) < 4.78 is 14.8. The molecule has 0 aliphatic rings. The van der Waals surface area contributed by atoms with Gasteiger partial charge in [0.1, 0.15) is 12.0 Å². The van der Waals surface area contributed by atoms with Crippen LogP contribution in [-0.2, 0) is 6.54 Å². The zero-order chi connectivity index (χ0) is 19.7. The van der Waals surface area contributed by atoms with E-state index in [1.165, 1.54) is 12.1 Å². The minimum atomic E-state index is -0.704. The van der Waals surface area contributed by atoms with E-state index in [2.05, 4.69) is 20.6 Å². The van der Waals surface area contributed by atoms with Crippen molar-refractivity contribution >= 4 is 28.9 Å². The number of nitrogens with zero attached hydrogens (tertiary/aromatic N) is 4. The fraction of sp³-hybridized carbons (Fsp3) is 0.188. The fourth-order valence-electron chi connectivity index (χ4n) is 2.60. The van der Waals surface area contributed by atoms with Crippen LogP contribution in [0.15, 0.2) is 24.4 Å². The maximum absolute atomic E-state index is 13.2. The monoisotopic (exact) mass is 392 g/mol. The molecule has 2 heterocycles. The predicted octanol–water partition coefficient (Wildman–Crippen LogP) is 3.22. The molecule has 9 nitrogen and oxygen atoms in total. The Morgan fingerprint density at radius 3 is 2.85 bits per heavy atom. The molecule has 0 aliphatic carbocycles. The average Bonchev–Trinajstić information content (AvgIpc) is 3.18. The molecule has 3 aromatic rings. The minimum Gasteiger partial charge on any atom is -0.317 e. The highest BCUT2D eigenvalue weighted by Gasteiger charge is 2.24. The molecule has 0 spiro atoms. The molecule has 1 amide bonds. The zero-order valence-electron chi connectivity index (χ0n) is 14.3. The van der Waals surface area contributed by atoms with Gasteiger partial charge in [0.25, 0.3) is 5.91 Å². The van der Waals surface area contributed by atoms with Gasteiger partial charge in [-0.25, -0.2) is 4.39 Å². The number of H-pyrrole nitrogens is 1. The number of hydrogen-bond donors (Lipinski definition) is 2. The fourth-order valence-corrected chi connectivity index (χ4v) is 2.83. The predicted molar refractivity (Wildman–Crippen MR) is 95.4 cm³/mol. The van der Waals surface area contributed by atoms with E-state index in [9.17, 15) is 19.3 Å². The lowest BCUT2D eigenvalue weighted by molar-refractivity contribution is -0.385. The number of carbonyl (C=O) groups is 1. The van der Waals surface area contributed by atoms with Gasteiger partial charge in [0.15, 0.2) is 0 Å². The second-order valence-electron chi connectivity index (χ2n) is 5.78. The number of benzene rings is 1. The van der Waals surface area contributed by atoms with E-state index in [4.69, 9.17) is 11.6 Å². The van der Waals surface area contributed by atoms with Gasteiger partial charge in [-0.05, 0) is 31.5 Å². The molecule has 140 valence electrons. The maximum atomic E-state index is 13.2. The van der Waals surface area contributed by atoms with Crippen molar-refractivity contribution in [1.82, 2.24) is 20.0 Å². The molecule has 0 fully saturated rings. The summed E-state index contributed by atoms with van der Waals surface area (Å²) in [5.74, 6) is -1.14. The topological polar surface area (TPSA) is 119 Å². The highest BCUT2D eigenvalue weighted by Crippen LogP contribution is 2.25. The number of hydrogen-bond acceptors (Lipinski definition) is 5. The first-order valence-corrected chi connectivity index (χ1v) is 8.12. The standard InChI is InChI=1S/C16H14ClFN6O3/c1-8-14(20-16(25)15-13(24(26)27)6-19-21-15)9(2)23(22-8)7-10-3-4-11(18)5-12(10)17/h3-6H,7H2,1-2H3,(H,19,21)(H,20,25). The molecule has 11 heteroatoms. The third-order valence-electron chi connectivity index (χ3n) is 4.00. The molecule has 0 saturated carbocycles. The van der Waals surface area contributed by atoms with Gasteiger partial charge in [-0.1, -0.05) is 17.7 Å². The van der Waals surface area contributed by atoms with Gasteiger partial charge in [0.2, 0.25) is 5.69 Å². The summed E-state index contributed by atoms with van der Waals surface area (Å²) in [6.45, 7) is 3.69. The lowest BCUT2D eigenvalue weighted by Crippen LogP contribution is -2.15. The normalized spacial score (nSPS) is 10.8. The molecule has 0 atom stereocenters. The van der Waals surface area contributed by atoms with Crippen LogP contribution in [0.2, 0.25) is 5.02 Å². The van der Waals surface area contributed by atoms with Crippen LogP contribution in [0.4, 0.5) is 15.8 Å². The lowest BCUT2D eigenvalue weighted by atomic mass is 10.2. The zero-order valence-corrected chi connectivity index (χ0v) is 15.0. The van der Waals surface area contributed by atoms with E-state index in [0.717, 1.165) is 6.20 Å². The van der Waals surface area contributed by atoms with Gasteiger partial charge < -0.3 is 5.32 Å². The first-order valence-electron chi connectivity index (χ1n) is 7.75. The molecule has 2 N–H and O–H groups in total. The van der Waals surface area contributed by atoms with Crippen molar-refractivity contribution < 1.29 is 14.1 Å². The summed E-state index contributed by atoms with van der Waals surface area (Å²) in [7, 11) is 0. The van der Waals surface area contributed by atoms with Crippen LogP contribution >= 0.6 is 11.6 Å². The van der Waals surface area contributed by atoms with Gasteiger partial charge in [-0.15, -0.1) is 0 Å². The van der Waals surface area contributed by atoms with Crippen LogP contribution in [0.5, 0.6) is 0 Å². The molecule has 0 bridgehead atoms. The Hall–Kier alpha value is -3.27. The third kappa shape index (κ3) is 3.65. The summed E-state index contributed by atoms with van der Waals surface area (Å²) in [5, 5.41) is 24.0. The van der Waals surface area contributed by atoms with Crippen LogP contribution < -0.4 is 5.32 Å². The second kappa shape index (κ2) is 7.16. The molecule has 0 radical (unpaired) electrons. The number of rotatable bonds is 5. The number of nitro groups is 1. The van der Waals surface area contributed by atoms with Crippen molar-refractivity contribution in [2.24, 2.45) is 0 Å². The molecule has 2 aromatic heterocycles. The number of amides is 1. The van der Waals surface area contributed by atoms with Gasteiger partial charge in [-0.2, -0.15) is 10.2 Å². The molecule has 3 rings (SSSR count). The SMILES string of the molecule is Cc1nn(Cc2ccc(F)cc2Cl)c(C)c1NC(=O)c1[nH]ncc1[N+](=O)[O-]. The van der Waals surface area contributed by atoms with Crippen LogP contribution in [0.3, 0.4) is 0 Å². The second-order valence-corrected chi connectivity index (χ2v) is 6.19. The minimum absolute atomic E-state index is 0.256. The number of halogens is 2. The number of aryl methyl sites for hydroxylation is 1. The Kier molecular flexibility index (Phi) is 4.91. The van der Waals surface area contributed by atoms with Gasteiger partial charge in [-0.3, -0.25) is 24.7 Å². The molecule has 0 saturated heterocycles. The van der Waals surface area contributed by atoms with Crippen molar-refractivity contribution in [3.8, 4) is 0 Å². The number of carbonyl (C=O) groups excluding carboxylic acids is 1. The summed E-state index contributed by atoms with van der Waals surface area (Å²) in [6.07, 6.45) is 0.967. The Bertz CT molecular complexity index is 1040. The van der Waals surface area contributed by atoms with E-state index in [0.29, 0.717) is 22.6 Å². The van der Waals surface area contributed by atoms with Crippen LogP contribution in [-0.4, -0.2) is 30.8 Å². The van der Waals surface area contributed by atoms with E-state index >= 15 is 0 Å². The summed E-state index contributed by atoms with van der Waals surface area (Å²) >= 11 is 6.05. The van der Waals surface area contributed by atoms with Crippen molar-refractivity contribution in [3.05, 3.63) is 68.0 Å². The molecule has 27 heavy (non-hydrogen) atoms. The molecule has 1 aromatic carbocycles. The van der Waals surface area contributed by atoms with Crippen molar-refractivity contribution in [2.75, 3.05) is 5.32 Å². The lowest BCUT2D eigenvalue weighted by Gasteiger charge is -2.08. The van der Waals surface area contributed by atoms with Gasteiger partial charge in [0, 0.05) is 5.02 Å². The Balaban J connectivity index is 1.86.